The monoisotopic (exact) mass is 558 g/mol. The van der Waals surface area contributed by atoms with E-state index in [9.17, 15) is 29.0 Å². The highest BCUT2D eigenvalue weighted by atomic mass is 32.2. The molecule has 0 amide bonds. The van der Waals surface area contributed by atoms with Crippen molar-refractivity contribution < 1.29 is 23.7 Å². The molecule has 10 radical (unpaired) electrons. The van der Waals surface area contributed by atoms with Crippen molar-refractivity contribution in [2.24, 2.45) is 5.92 Å². The molecule has 41 heavy (non-hydrogen) atoms. The van der Waals surface area contributed by atoms with E-state index < -0.39 is 50.1 Å². The Hall–Kier alpha value is -3.31. The fraction of sp³-hybridized carbons (Fsp3) is 0.333. The highest BCUT2D eigenvalue weighted by molar-refractivity contribution is 7.90. The fourth-order valence-electron chi connectivity index (χ4n) is 5.36. The fourth-order valence-corrected chi connectivity index (χ4v) is 6.66. The van der Waals surface area contributed by atoms with E-state index in [1.54, 1.807) is 12.1 Å². The van der Waals surface area contributed by atoms with Crippen LogP contribution in [0, 0.1) is 24.2 Å². The molecule has 17 heteroatoms. The summed E-state index contributed by atoms with van der Waals surface area (Å²) in [5, 5.41) is 44.1. The van der Waals surface area contributed by atoms with E-state index in [4.69, 9.17) is 39.2 Å². The molecule has 0 bridgehead atoms. The van der Waals surface area contributed by atoms with Crippen LogP contribution < -0.4 is 0 Å². The number of hydrogen-bond acceptors (Lipinski definition) is 9. The summed E-state index contributed by atoms with van der Waals surface area (Å²) in [6.45, 7) is 1.84. The third-order valence-corrected chi connectivity index (χ3v) is 9.45. The van der Waals surface area contributed by atoms with Crippen LogP contribution in [0.3, 0.4) is 0 Å². The Labute approximate surface area is 242 Å². The first-order valence-electron chi connectivity index (χ1n) is 12.2. The third-order valence-electron chi connectivity index (χ3n) is 7.77. The minimum absolute atomic E-state index is 0.0746. The van der Waals surface area contributed by atoms with Gasteiger partial charge in [-0.15, -0.1) is 0 Å². The Kier molecular flexibility index (Phi) is 6.66. The zero-order chi connectivity index (χ0) is 30.2. The maximum Gasteiger partial charge on any atom is 0.269 e. The van der Waals surface area contributed by atoms with Gasteiger partial charge in [-0.05, 0) is 31.0 Å². The maximum atomic E-state index is 13.3. The highest BCUT2D eigenvalue weighted by Gasteiger charge is 2.72. The number of rotatable bonds is 6. The number of nitrogens with zero attached hydrogens (tertiary/aromatic N) is 6. The van der Waals surface area contributed by atoms with Crippen LogP contribution in [0.15, 0.2) is 60.1 Å². The van der Waals surface area contributed by atoms with Crippen molar-refractivity contribution in [2.45, 2.75) is 46.0 Å². The zero-order valence-corrected chi connectivity index (χ0v) is 22.5. The molecule has 1 aliphatic rings. The Morgan fingerprint density at radius 3 is 2.29 bits per heavy atom. The van der Waals surface area contributed by atoms with Crippen molar-refractivity contribution in [3.63, 3.8) is 0 Å². The lowest BCUT2D eigenvalue weighted by Crippen LogP contribution is -2.65. The Balaban J connectivity index is 1.59. The van der Waals surface area contributed by atoms with E-state index in [0.29, 0.717) is 16.6 Å². The lowest BCUT2D eigenvalue weighted by Gasteiger charge is -2.45. The molecule has 1 aromatic carbocycles. The van der Waals surface area contributed by atoms with Gasteiger partial charge < -0.3 is 15.3 Å². The number of benzene rings is 1. The lowest BCUT2D eigenvalue weighted by atomic mass is 9.36. The lowest BCUT2D eigenvalue weighted by molar-refractivity contribution is -0.103. The van der Waals surface area contributed by atoms with Crippen molar-refractivity contribution in [3.8, 4) is 17.3 Å². The second-order valence-electron chi connectivity index (χ2n) is 10.3. The number of hydrogen-bond donors (Lipinski definition) is 3. The molecule has 0 spiro atoms. The Morgan fingerprint density at radius 2 is 1.71 bits per heavy atom. The summed E-state index contributed by atoms with van der Waals surface area (Å²) in [5.41, 5.74) is -7.29. The molecule has 4 aromatic rings. The first-order valence-corrected chi connectivity index (χ1v) is 13.6. The maximum absolute atomic E-state index is 13.3. The van der Waals surface area contributed by atoms with Crippen LogP contribution in [0.1, 0.15) is 18.0 Å². The Morgan fingerprint density at radius 1 is 1.05 bits per heavy atom. The van der Waals surface area contributed by atoms with Gasteiger partial charge in [0, 0.05) is 34.3 Å². The smallest absolute Gasteiger partial charge is 0.269 e. The molecule has 196 valence electrons. The van der Waals surface area contributed by atoms with Crippen LogP contribution in [0.2, 0.25) is 5.21 Å². The summed E-state index contributed by atoms with van der Waals surface area (Å²) in [6, 6.07) is 8.56. The number of aryl methyl sites for hydroxylation is 1. The van der Waals surface area contributed by atoms with Gasteiger partial charge in [0.25, 0.3) is 10.0 Å². The minimum atomic E-state index is -3.98. The molecule has 4 unspecified atom stereocenters. The van der Waals surface area contributed by atoms with E-state index in [1.807, 2.05) is 13.0 Å². The molecule has 1 saturated carbocycles. The van der Waals surface area contributed by atoms with Gasteiger partial charge in [-0.1, -0.05) is 22.9 Å². The van der Waals surface area contributed by atoms with Crippen molar-refractivity contribution in [3.05, 3.63) is 60.8 Å². The van der Waals surface area contributed by atoms with Gasteiger partial charge in [0.1, 0.15) is 29.9 Å². The first kappa shape index (κ1) is 29.2. The standard InChI is InChI=1S/C24H19B5N6O5S/c1-13-2-4-15(5-3-13)41(39,40)35-9-7-16-18(31-12-32-20(16)35)14-10-33-34(11-14)17(6-8-30)19-21(25,26)23(28,37)24(29,38)22(19,27)36/h2-5,7,9-12,17,19,36-38H,6H2,1H3/t17-,19?,22?,23?,24?/m1/s1. The predicted octanol–water partition coefficient (Wildman–Crippen LogP) is -1.05. The molecule has 1 aliphatic carbocycles. The molecule has 0 saturated heterocycles. The van der Waals surface area contributed by atoms with Gasteiger partial charge in [0.05, 0.1) is 56.5 Å². The Bertz CT molecular complexity index is 1770. The normalized spacial score (nSPS) is 28.4. The van der Waals surface area contributed by atoms with E-state index in [-0.39, 0.29) is 10.5 Å². The molecule has 5 atom stereocenters. The van der Waals surface area contributed by atoms with Crippen molar-refractivity contribution >= 4 is 60.3 Å². The van der Waals surface area contributed by atoms with E-state index in [2.05, 4.69) is 15.1 Å². The molecule has 3 heterocycles. The highest BCUT2D eigenvalue weighted by Crippen LogP contribution is 2.62. The summed E-state index contributed by atoms with van der Waals surface area (Å²) in [6.07, 6.45) is 4.92. The van der Waals surface area contributed by atoms with Crippen LogP contribution in [0.4, 0.5) is 0 Å². The average molecular weight is 558 g/mol. The van der Waals surface area contributed by atoms with Gasteiger partial charge in [-0.2, -0.15) is 10.4 Å². The van der Waals surface area contributed by atoms with Crippen LogP contribution in [0.25, 0.3) is 22.3 Å². The van der Waals surface area contributed by atoms with Crippen molar-refractivity contribution in [1.82, 2.24) is 23.7 Å². The summed E-state index contributed by atoms with van der Waals surface area (Å²) in [4.78, 5) is 8.55. The molecule has 1 fully saturated rings. The summed E-state index contributed by atoms with van der Waals surface area (Å²) >= 11 is 0. The largest absolute Gasteiger partial charge is 0.399 e. The minimum Gasteiger partial charge on any atom is -0.399 e. The molecular formula is C24H19B5N6O5S. The van der Waals surface area contributed by atoms with Gasteiger partial charge >= 0.3 is 0 Å². The quantitative estimate of drug-likeness (QED) is 0.251. The predicted molar refractivity (Wildman–Crippen MR) is 152 cm³/mol. The molecule has 5 rings (SSSR count). The topological polar surface area (TPSA) is 167 Å². The van der Waals surface area contributed by atoms with Gasteiger partial charge in [0.15, 0.2) is 5.65 Å². The first-order chi connectivity index (χ1) is 19.0. The van der Waals surface area contributed by atoms with Crippen LogP contribution in [0.5, 0.6) is 0 Å². The second-order valence-corrected chi connectivity index (χ2v) is 12.1. The van der Waals surface area contributed by atoms with Crippen molar-refractivity contribution in [1.29, 1.82) is 5.26 Å². The van der Waals surface area contributed by atoms with Crippen LogP contribution in [-0.2, 0) is 10.0 Å². The average Bonchev–Trinajstić information content (AvgIpc) is 3.57. The third kappa shape index (κ3) is 4.03. The number of aromatic nitrogens is 5. The second kappa shape index (κ2) is 9.35. The van der Waals surface area contributed by atoms with Crippen LogP contribution >= 0.6 is 0 Å². The molecule has 11 nitrogen and oxygen atoms in total. The summed E-state index contributed by atoms with van der Waals surface area (Å²) < 4.78 is 28.9. The van der Waals surface area contributed by atoms with Gasteiger partial charge in [-0.25, -0.2) is 22.4 Å². The van der Waals surface area contributed by atoms with Crippen molar-refractivity contribution in [2.75, 3.05) is 0 Å². The van der Waals surface area contributed by atoms with E-state index in [0.717, 1.165) is 9.54 Å². The molecule has 0 aliphatic heterocycles. The van der Waals surface area contributed by atoms with Crippen LogP contribution in [-0.4, -0.2) is 103 Å². The molecular weight excluding hydrogens is 538 g/mol. The summed E-state index contributed by atoms with van der Waals surface area (Å²) in [7, 11) is 25.7. The van der Waals surface area contributed by atoms with E-state index in [1.165, 1.54) is 47.8 Å². The number of fused-ring (bicyclic) bond motifs is 1. The number of nitriles is 1. The molecule has 3 N–H and O–H groups in total. The van der Waals surface area contributed by atoms with Gasteiger partial charge in [0.2, 0.25) is 0 Å². The van der Waals surface area contributed by atoms with Gasteiger partial charge in [-0.3, -0.25) is 4.68 Å². The summed E-state index contributed by atoms with van der Waals surface area (Å²) in [5.74, 6) is -1.70. The SMILES string of the molecule is [B]C1([B])C([C@@H](CC#N)n2cc(-c3ncnc4c3ccn4S(=O)(=O)c3ccc(C)cc3)cn2)C([B])(O)C([B])(O)C1([B])O. The number of aliphatic hydroxyl groups is 3. The van der Waals surface area contributed by atoms with E-state index >= 15 is 0 Å². The molecule has 3 aromatic heterocycles. The zero-order valence-electron chi connectivity index (χ0n) is 21.7.